The van der Waals surface area contributed by atoms with Gasteiger partial charge in [0.15, 0.2) is 0 Å². The Balaban J connectivity index is 1.76. The maximum Gasteiger partial charge on any atom is 0.116 e. The van der Waals surface area contributed by atoms with Crippen LogP contribution in [-0.2, 0) is 0 Å². The lowest BCUT2D eigenvalue weighted by Crippen LogP contribution is -1.97. The summed E-state index contributed by atoms with van der Waals surface area (Å²) in [5.41, 5.74) is 6.27. The Morgan fingerprint density at radius 3 is 1.91 bits per heavy atom. The van der Waals surface area contributed by atoms with E-state index in [2.05, 4.69) is 34.5 Å². The van der Waals surface area contributed by atoms with Crippen LogP contribution in [0.1, 0.15) is 16.7 Å². The Morgan fingerprint density at radius 2 is 1.30 bits per heavy atom. The average molecular weight is 298 g/mol. The minimum absolute atomic E-state index is 0.221. The molecule has 0 saturated carbocycles. The number of aromatic hydroxyl groups is 1. The number of rotatable bonds is 2. The SMILES string of the molecule is Oc1cccc(/C=N\N=C2c3ccccc3-c3ccccc32)c1. The topological polar surface area (TPSA) is 45.0 Å². The van der Waals surface area contributed by atoms with Crippen LogP contribution in [0.25, 0.3) is 11.1 Å². The monoisotopic (exact) mass is 298 g/mol. The summed E-state index contributed by atoms with van der Waals surface area (Å²) in [4.78, 5) is 0. The maximum atomic E-state index is 9.49. The normalized spacial score (nSPS) is 12.3. The summed E-state index contributed by atoms with van der Waals surface area (Å²) in [7, 11) is 0. The van der Waals surface area contributed by atoms with Crippen molar-refractivity contribution in [3.05, 3.63) is 89.5 Å². The van der Waals surface area contributed by atoms with Crippen molar-refractivity contribution in [1.29, 1.82) is 0 Å². The Morgan fingerprint density at radius 1 is 0.696 bits per heavy atom. The van der Waals surface area contributed by atoms with Crippen LogP contribution in [0.3, 0.4) is 0 Å². The van der Waals surface area contributed by atoms with E-state index in [0.717, 1.165) is 22.4 Å². The van der Waals surface area contributed by atoms with Gasteiger partial charge in [-0.1, -0.05) is 60.7 Å². The van der Waals surface area contributed by atoms with E-state index in [9.17, 15) is 5.11 Å². The molecule has 0 aromatic heterocycles. The van der Waals surface area contributed by atoms with Crippen LogP contribution in [0.5, 0.6) is 5.75 Å². The van der Waals surface area contributed by atoms with E-state index in [1.165, 1.54) is 11.1 Å². The minimum Gasteiger partial charge on any atom is -0.508 e. The van der Waals surface area contributed by atoms with E-state index in [4.69, 9.17) is 0 Å². The lowest BCUT2D eigenvalue weighted by atomic mass is 10.1. The van der Waals surface area contributed by atoms with Crippen molar-refractivity contribution in [2.45, 2.75) is 0 Å². The number of phenols is 1. The fourth-order valence-corrected chi connectivity index (χ4v) is 2.86. The standard InChI is InChI=1S/C20H14N2O/c23-15-7-5-6-14(12-15)13-21-22-20-18-10-3-1-8-16(18)17-9-2-4-11-19(17)20/h1-13,23H/b21-13-. The molecule has 110 valence electrons. The van der Waals surface area contributed by atoms with Crippen LogP contribution in [0.2, 0.25) is 0 Å². The highest BCUT2D eigenvalue weighted by atomic mass is 16.3. The molecule has 0 heterocycles. The molecule has 3 nitrogen and oxygen atoms in total. The smallest absolute Gasteiger partial charge is 0.116 e. The number of phenolic OH excluding ortho intramolecular Hbond substituents is 1. The zero-order chi connectivity index (χ0) is 15.6. The maximum absolute atomic E-state index is 9.49. The van der Waals surface area contributed by atoms with Gasteiger partial charge in [-0.05, 0) is 28.8 Å². The van der Waals surface area contributed by atoms with Gasteiger partial charge in [0.05, 0.1) is 6.21 Å². The van der Waals surface area contributed by atoms with Gasteiger partial charge in [-0.15, -0.1) is 5.10 Å². The summed E-state index contributed by atoms with van der Waals surface area (Å²) in [5.74, 6) is 0.221. The summed E-state index contributed by atoms with van der Waals surface area (Å²) in [6.45, 7) is 0. The Labute approximate surface area is 134 Å². The van der Waals surface area contributed by atoms with Crippen molar-refractivity contribution in [3.8, 4) is 16.9 Å². The van der Waals surface area contributed by atoms with E-state index in [-0.39, 0.29) is 5.75 Å². The Kier molecular flexibility index (Phi) is 3.24. The second-order valence-electron chi connectivity index (χ2n) is 5.38. The molecular formula is C20H14N2O. The van der Waals surface area contributed by atoms with Crippen molar-refractivity contribution < 1.29 is 5.11 Å². The number of hydrogen-bond donors (Lipinski definition) is 1. The second-order valence-corrected chi connectivity index (χ2v) is 5.38. The molecule has 0 bridgehead atoms. The molecule has 0 aliphatic heterocycles. The van der Waals surface area contributed by atoms with Crippen LogP contribution < -0.4 is 0 Å². The molecule has 0 saturated heterocycles. The van der Waals surface area contributed by atoms with Crippen LogP contribution in [-0.4, -0.2) is 17.0 Å². The van der Waals surface area contributed by atoms with Gasteiger partial charge in [-0.2, -0.15) is 5.10 Å². The first-order chi connectivity index (χ1) is 11.3. The molecule has 3 heteroatoms. The molecule has 0 amide bonds. The summed E-state index contributed by atoms with van der Waals surface area (Å²) in [6, 6.07) is 23.4. The first kappa shape index (κ1) is 13.5. The molecule has 1 aliphatic rings. The third kappa shape index (κ3) is 2.42. The Bertz CT molecular complexity index is 894. The first-order valence-corrected chi connectivity index (χ1v) is 7.42. The zero-order valence-electron chi connectivity index (χ0n) is 12.3. The summed E-state index contributed by atoms with van der Waals surface area (Å²) in [6.07, 6.45) is 1.65. The predicted octanol–water partition coefficient (Wildman–Crippen LogP) is 4.24. The zero-order valence-corrected chi connectivity index (χ0v) is 12.3. The third-order valence-corrected chi connectivity index (χ3v) is 3.89. The molecule has 1 N–H and O–H groups in total. The summed E-state index contributed by atoms with van der Waals surface area (Å²) in [5, 5.41) is 18.1. The molecule has 0 radical (unpaired) electrons. The van der Waals surface area contributed by atoms with Crippen molar-refractivity contribution in [2.24, 2.45) is 10.2 Å². The predicted molar refractivity (Wildman–Crippen MR) is 93.2 cm³/mol. The van der Waals surface area contributed by atoms with Gasteiger partial charge < -0.3 is 5.11 Å². The largest absolute Gasteiger partial charge is 0.508 e. The van der Waals surface area contributed by atoms with Crippen molar-refractivity contribution in [2.75, 3.05) is 0 Å². The minimum atomic E-state index is 0.221. The summed E-state index contributed by atoms with van der Waals surface area (Å²) < 4.78 is 0. The molecule has 0 unspecified atom stereocenters. The molecule has 0 fully saturated rings. The molecule has 23 heavy (non-hydrogen) atoms. The molecular weight excluding hydrogens is 284 g/mol. The lowest BCUT2D eigenvalue weighted by molar-refractivity contribution is 0.475. The van der Waals surface area contributed by atoms with E-state index in [1.807, 2.05) is 30.3 Å². The molecule has 4 rings (SSSR count). The quantitative estimate of drug-likeness (QED) is 0.436. The van der Waals surface area contributed by atoms with E-state index in [1.54, 1.807) is 24.4 Å². The second kappa shape index (κ2) is 5.54. The highest BCUT2D eigenvalue weighted by molar-refractivity contribution is 6.24. The van der Waals surface area contributed by atoms with Gasteiger partial charge in [0, 0.05) is 11.1 Å². The summed E-state index contributed by atoms with van der Waals surface area (Å²) >= 11 is 0. The van der Waals surface area contributed by atoms with Gasteiger partial charge in [0.2, 0.25) is 0 Å². The number of nitrogens with zero attached hydrogens (tertiary/aromatic N) is 2. The fraction of sp³-hybridized carbons (Fsp3) is 0. The lowest BCUT2D eigenvalue weighted by Gasteiger charge is -1.98. The van der Waals surface area contributed by atoms with Crippen LogP contribution in [0, 0.1) is 0 Å². The van der Waals surface area contributed by atoms with Gasteiger partial charge in [-0.3, -0.25) is 0 Å². The van der Waals surface area contributed by atoms with Crippen LogP contribution in [0.15, 0.2) is 83.0 Å². The van der Waals surface area contributed by atoms with Gasteiger partial charge in [0.25, 0.3) is 0 Å². The van der Waals surface area contributed by atoms with Crippen molar-refractivity contribution in [3.63, 3.8) is 0 Å². The van der Waals surface area contributed by atoms with Crippen molar-refractivity contribution >= 4 is 11.9 Å². The highest BCUT2D eigenvalue weighted by Crippen LogP contribution is 2.36. The molecule has 3 aromatic rings. The van der Waals surface area contributed by atoms with E-state index < -0.39 is 0 Å². The van der Waals surface area contributed by atoms with E-state index in [0.29, 0.717) is 0 Å². The highest BCUT2D eigenvalue weighted by Gasteiger charge is 2.23. The molecule has 1 aliphatic carbocycles. The molecule has 3 aromatic carbocycles. The first-order valence-electron chi connectivity index (χ1n) is 7.42. The average Bonchev–Trinajstić information content (AvgIpc) is 2.90. The molecule has 0 spiro atoms. The molecule has 0 atom stereocenters. The van der Waals surface area contributed by atoms with Gasteiger partial charge in [0.1, 0.15) is 11.5 Å². The Hall–Kier alpha value is -3.20. The van der Waals surface area contributed by atoms with Crippen LogP contribution >= 0.6 is 0 Å². The third-order valence-electron chi connectivity index (χ3n) is 3.89. The number of hydrogen-bond acceptors (Lipinski definition) is 3. The van der Waals surface area contributed by atoms with Crippen LogP contribution in [0.4, 0.5) is 0 Å². The van der Waals surface area contributed by atoms with Gasteiger partial charge >= 0.3 is 0 Å². The fourth-order valence-electron chi connectivity index (χ4n) is 2.86. The number of fused-ring (bicyclic) bond motifs is 3. The van der Waals surface area contributed by atoms with Gasteiger partial charge in [-0.25, -0.2) is 0 Å². The van der Waals surface area contributed by atoms with E-state index >= 15 is 0 Å². The number of benzene rings is 3. The van der Waals surface area contributed by atoms with Crippen molar-refractivity contribution in [1.82, 2.24) is 0 Å².